The molecule has 28 heavy (non-hydrogen) atoms. The first-order valence-corrected chi connectivity index (χ1v) is 9.02. The first-order valence-electron chi connectivity index (χ1n) is 9.02. The molecule has 0 saturated carbocycles. The van der Waals surface area contributed by atoms with E-state index in [1.54, 1.807) is 24.3 Å². The number of rotatable bonds is 3. The standard InChI is InChI=1S/C22H18FN3O2/c1-13-2-4-15(5-3-13)21(28)26-22-24-12-18-19(25-22)10-16(11-20(18)27)14-6-8-17(23)9-7-14/h2-9,12,16H,10-11H2,1H3,(H,24,25,26,28)/t16-/m0/s1. The summed E-state index contributed by atoms with van der Waals surface area (Å²) < 4.78 is 13.2. The highest BCUT2D eigenvalue weighted by Gasteiger charge is 2.28. The summed E-state index contributed by atoms with van der Waals surface area (Å²) in [4.78, 5) is 33.4. The van der Waals surface area contributed by atoms with Crippen molar-refractivity contribution in [3.63, 3.8) is 0 Å². The van der Waals surface area contributed by atoms with Crippen LogP contribution in [0.2, 0.25) is 0 Å². The number of aromatic nitrogens is 2. The molecule has 2 aromatic carbocycles. The van der Waals surface area contributed by atoms with Gasteiger partial charge in [0.05, 0.1) is 11.3 Å². The van der Waals surface area contributed by atoms with Crippen LogP contribution in [0.4, 0.5) is 10.3 Å². The molecule has 3 aromatic rings. The molecular weight excluding hydrogens is 357 g/mol. The molecule has 0 bridgehead atoms. The second-order valence-electron chi connectivity index (χ2n) is 6.95. The Morgan fingerprint density at radius 3 is 2.50 bits per heavy atom. The Bertz CT molecular complexity index is 1050. The Morgan fingerprint density at radius 1 is 1.07 bits per heavy atom. The number of carbonyl (C=O) groups excluding carboxylic acids is 2. The third kappa shape index (κ3) is 3.67. The molecule has 1 atom stereocenters. The Hall–Kier alpha value is -3.41. The van der Waals surface area contributed by atoms with Gasteiger partial charge < -0.3 is 0 Å². The maximum atomic E-state index is 13.2. The molecule has 1 aliphatic rings. The molecule has 0 unspecified atom stereocenters. The fourth-order valence-electron chi connectivity index (χ4n) is 3.35. The highest BCUT2D eigenvalue weighted by molar-refractivity contribution is 6.03. The lowest BCUT2D eigenvalue weighted by Crippen LogP contribution is -2.22. The predicted molar refractivity (Wildman–Crippen MR) is 103 cm³/mol. The Labute approximate surface area is 161 Å². The van der Waals surface area contributed by atoms with Gasteiger partial charge in [0, 0.05) is 18.2 Å². The number of carbonyl (C=O) groups is 2. The van der Waals surface area contributed by atoms with Crippen molar-refractivity contribution in [1.82, 2.24) is 9.97 Å². The second kappa shape index (κ2) is 7.31. The van der Waals surface area contributed by atoms with Crippen LogP contribution in [0.25, 0.3) is 0 Å². The quantitative estimate of drug-likeness (QED) is 0.748. The van der Waals surface area contributed by atoms with Gasteiger partial charge in [-0.2, -0.15) is 0 Å². The Kier molecular flexibility index (Phi) is 4.69. The van der Waals surface area contributed by atoms with Crippen LogP contribution in [0.15, 0.2) is 54.7 Å². The zero-order valence-corrected chi connectivity index (χ0v) is 15.3. The number of fused-ring (bicyclic) bond motifs is 1. The van der Waals surface area contributed by atoms with Crippen LogP contribution >= 0.6 is 0 Å². The molecule has 1 amide bonds. The molecule has 0 radical (unpaired) electrons. The van der Waals surface area contributed by atoms with Crippen molar-refractivity contribution in [2.75, 3.05) is 5.32 Å². The molecule has 1 N–H and O–H groups in total. The van der Waals surface area contributed by atoms with E-state index in [1.807, 2.05) is 19.1 Å². The summed E-state index contributed by atoms with van der Waals surface area (Å²) in [7, 11) is 0. The van der Waals surface area contributed by atoms with Crippen molar-refractivity contribution >= 4 is 17.6 Å². The van der Waals surface area contributed by atoms with Gasteiger partial charge in [-0.05, 0) is 49.1 Å². The monoisotopic (exact) mass is 375 g/mol. The Balaban J connectivity index is 1.56. The van der Waals surface area contributed by atoms with E-state index in [1.165, 1.54) is 18.3 Å². The van der Waals surface area contributed by atoms with Crippen molar-refractivity contribution in [2.45, 2.75) is 25.7 Å². The van der Waals surface area contributed by atoms with Gasteiger partial charge in [-0.3, -0.25) is 14.9 Å². The summed E-state index contributed by atoms with van der Waals surface area (Å²) in [6.07, 6.45) is 2.33. The Morgan fingerprint density at radius 2 is 1.79 bits per heavy atom. The number of aryl methyl sites for hydroxylation is 1. The van der Waals surface area contributed by atoms with Gasteiger partial charge in [-0.1, -0.05) is 29.8 Å². The van der Waals surface area contributed by atoms with E-state index >= 15 is 0 Å². The minimum atomic E-state index is -0.310. The van der Waals surface area contributed by atoms with E-state index in [0.717, 1.165) is 11.1 Å². The number of anilines is 1. The number of nitrogens with one attached hydrogen (secondary N) is 1. The van der Waals surface area contributed by atoms with Crippen molar-refractivity contribution in [2.24, 2.45) is 0 Å². The maximum absolute atomic E-state index is 13.2. The summed E-state index contributed by atoms with van der Waals surface area (Å²) in [5, 5.41) is 2.68. The fourth-order valence-corrected chi connectivity index (χ4v) is 3.35. The molecule has 4 rings (SSSR count). The van der Waals surface area contributed by atoms with E-state index in [-0.39, 0.29) is 29.4 Å². The van der Waals surface area contributed by atoms with E-state index in [9.17, 15) is 14.0 Å². The molecule has 0 saturated heterocycles. The topological polar surface area (TPSA) is 72.0 Å². The molecule has 5 nitrogen and oxygen atoms in total. The largest absolute Gasteiger partial charge is 0.294 e. The molecule has 1 aliphatic carbocycles. The number of ketones is 1. The van der Waals surface area contributed by atoms with Crippen LogP contribution in [0.1, 0.15) is 49.9 Å². The minimum Gasteiger partial charge on any atom is -0.294 e. The van der Waals surface area contributed by atoms with Gasteiger partial charge in [0.15, 0.2) is 5.78 Å². The average molecular weight is 375 g/mol. The smallest absolute Gasteiger partial charge is 0.258 e. The van der Waals surface area contributed by atoms with Crippen LogP contribution in [-0.2, 0) is 6.42 Å². The SMILES string of the molecule is Cc1ccc(C(=O)Nc2ncc3c(n2)C[C@H](c2ccc(F)cc2)CC3=O)cc1. The lowest BCUT2D eigenvalue weighted by atomic mass is 9.82. The molecular formula is C22H18FN3O2. The molecule has 1 heterocycles. The summed E-state index contributed by atoms with van der Waals surface area (Å²) in [5.74, 6) is -0.577. The van der Waals surface area contributed by atoms with E-state index in [0.29, 0.717) is 29.7 Å². The zero-order chi connectivity index (χ0) is 19.7. The first-order chi connectivity index (χ1) is 13.5. The number of amides is 1. The zero-order valence-electron chi connectivity index (χ0n) is 15.3. The van der Waals surface area contributed by atoms with Gasteiger partial charge >= 0.3 is 0 Å². The number of nitrogens with zero attached hydrogens (tertiary/aromatic N) is 2. The summed E-state index contributed by atoms with van der Waals surface area (Å²) in [6.45, 7) is 1.95. The number of halogens is 1. The van der Waals surface area contributed by atoms with Gasteiger partial charge in [0.1, 0.15) is 5.82 Å². The number of Topliss-reactive ketones (excluding diaryl/α,β-unsaturated/α-hetero) is 1. The van der Waals surface area contributed by atoms with Gasteiger partial charge in [-0.15, -0.1) is 0 Å². The van der Waals surface area contributed by atoms with Gasteiger partial charge in [0.2, 0.25) is 5.95 Å². The van der Waals surface area contributed by atoms with Crippen LogP contribution in [0.5, 0.6) is 0 Å². The molecule has 0 fully saturated rings. The lowest BCUT2D eigenvalue weighted by molar-refractivity contribution is 0.0962. The van der Waals surface area contributed by atoms with Gasteiger partial charge in [-0.25, -0.2) is 14.4 Å². The van der Waals surface area contributed by atoms with Crippen LogP contribution in [-0.4, -0.2) is 21.7 Å². The van der Waals surface area contributed by atoms with Gasteiger partial charge in [0.25, 0.3) is 5.91 Å². The average Bonchev–Trinajstić information content (AvgIpc) is 2.68. The first kappa shape index (κ1) is 18.0. The minimum absolute atomic E-state index is 0.0491. The second-order valence-corrected chi connectivity index (χ2v) is 6.95. The highest BCUT2D eigenvalue weighted by atomic mass is 19.1. The van der Waals surface area contributed by atoms with Crippen molar-refractivity contribution in [3.8, 4) is 0 Å². The lowest BCUT2D eigenvalue weighted by Gasteiger charge is -2.23. The van der Waals surface area contributed by atoms with Crippen LogP contribution in [0, 0.1) is 12.7 Å². The molecule has 0 aliphatic heterocycles. The third-order valence-electron chi connectivity index (χ3n) is 4.92. The van der Waals surface area contributed by atoms with E-state index < -0.39 is 0 Å². The molecule has 140 valence electrons. The van der Waals surface area contributed by atoms with Crippen LogP contribution < -0.4 is 5.32 Å². The highest BCUT2D eigenvalue weighted by Crippen LogP contribution is 2.32. The summed E-state index contributed by atoms with van der Waals surface area (Å²) in [6, 6.07) is 13.3. The van der Waals surface area contributed by atoms with E-state index in [2.05, 4.69) is 15.3 Å². The fraction of sp³-hybridized carbons (Fsp3) is 0.182. The third-order valence-corrected chi connectivity index (χ3v) is 4.92. The normalized spacial score (nSPS) is 15.8. The predicted octanol–water partition coefficient (Wildman–Crippen LogP) is 4.09. The van der Waals surface area contributed by atoms with Crippen molar-refractivity contribution < 1.29 is 14.0 Å². The molecule has 1 aromatic heterocycles. The summed E-state index contributed by atoms with van der Waals surface area (Å²) >= 11 is 0. The van der Waals surface area contributed by atoms with Crippen molar-refractivity contribution in [3.05, 3.63) is 88.5 Å². The molecule has 0 spiro atoms. The van der Waals surface area contributed by atoms with Crippen LogP contribution in [0.3, 0.4) is 0 Å². The number of benzene rings is 2. The van der Waals surface area contributed by atoms with E-state index in [4.69, 9.17) is 0 Å². The summed E-state index contributed by atoms with van der Waals surface area (Å²) in [5.41, 5.74) is 3.54. The number of hydrogen-bond acceptors (Lipinski definition) is 4. The molecule has 6 heteroatoms. The van der Waals surface area contributed by atoms with Crippen molar-refractivity contribution in [1.29, 1.82) is 0 Å². The number of hydrogen-bond donors (Lipinski definition) is 1. The maximum Gasteiger partial charge on any atom is 0.258 e.